The zero-order valence-corrected chi connectivity index (χ0v) is 13.3. The van der Waals surface area contributed by atoms with Crippen LogP contribution in [0.3, 0.4) is 0 Å². The second kappa shape index (κ2) is 7.44. The van der Waals surface area contributed by atoms with Gasteiger partial charge >= 0.3 is 0 Å². The Morgan fingerprint density at radius 3 is 2.50 bits per heavy atom. The fourth-order valence-corrected chi connectivity index (χ4v) is 2.23. The monoisotopic (exact) mass is 276 g/mol. The van der Waals surface area contributed by atoms with Crippen molar-refractivity contribution in [3.8, 4) is 0 Å². The molecule has 0 radical (unpaired) electrons. The second-order valence-electron chi connectivity index (χ2n) is 6.29. The Labute approximate surface area is 123 Å². The molecule has 0 heterocycles. The number of nitrogens with zero attached hydrogens (tertiary/aromatic N) is 1. The fraction of sp³-hybridized carbons (Fsp3) is 0.588. The number of carbonyl (C=O) groups excluding carboxylic acids is 1. The number of rotatable bonds is 7. The van der Waals surface area contributed by atoms with Crippen LogP contribution in [-0.2, 0) is 11.2 Å². The topological polar surface area (TPSA) is 46.3 Å². The van der Waals surface area contributed by atoms with Gasteiger partial charge in [0.25, 0.3) is 0 Å². The van der Waals surface area contributed by atoms with E-state index in [9.17, 15) is 4.79 Å². The number of aryl methyl sites for hydroxylation is 1. The van der Waals surface area contributed by atoms with Crippen LogP contribution in [0.1, 0.15) is 38.3 Å². The van der Waals surface area contributed by atoms with E-state index < -0.39 is 0 Å². The first-order chi connectivity index (χ1) is 9.39. The van der Waals surface area contributed by atoms with Crippen molar-refractivity contribution in [1.29, 1.82) is 0 Å². The Morgan fingerprint density at radius 2 is 1.95 bits per heavy atom. The van der Waals surface area contributed by atoms with Gasteiger partial charge in [-0.2, -0.15) is 0 Å². The zero-order chi connectivity index (χ0) is 15.2. The van der Waals surface area contributed by atoms with Crippen LogP contribution in [0, 0.1) is 12.3 Å². The van der Waals surface area contributed by atoms with Gasteiger partial charge in [-0.3, -0.25) is 4.79 Å². The molecule has 0 aliphatic carbocycles. The molecule has 1 aromatic carbocycles. The first-order valence-corrected chi connectivity index (χ1v) is 7.42. The average molecular weight is 276 g/mol. The van der Waals surface area contributed by atoms with E-state index in [1.165, 1.54) is 5.56 Å². The third-order valence-electron chi connectivity index (χ3n) is 3.62. The lowest BCUT2D eigenvalue weighted by molar-refractivity contribution is -0.131. The highest BCUT2D eigenvalue weighted by molar-refractivity contribution is 5.79. The Bertz CT molecular complexity index is 440. The highest BCUT2D eigenvalue weighted by Crippen LogP contribution is 2.17. The van der Waals surface area contributed by atoms with Crippen LogP contribution in [0.25, 0.3) is 0 Å². The van der Waals surface area contributed by atoms with Gasteiger partial charge in [-0.05, 0) is 36.4 Å². The Hall–Kier alpha value is -1.35. The second-order valence-corrected chi connectivity index (χ2v) is 6.29. The number of benzene rings is 1. The molecule has 0 unspecified atom stereocenters. The van der Waals surface area contributed by atoms with E-state index in [1.54, 1.807) is 0 Å². The van der Waals surface area contributed by atoms with Crippen molar-refractivity contribution in [2.45, 2.75) is 40.5 Å². The molecular formula is C17H28N2O. The highest BCUT2D eigenvalue weighted by atomic mass is 16.2. The minimum absolute atomic E-state index is 0.0312. The van der Waals surface area contributed by atoms with Crippen LogP contribution in [0.5, 0.6) is 0 Å². The van der Waals surface area contributed by atoms with Crippen LogP contribution < -0.4 is 5.73 Å². The summed E-state index contributed by atoms with van der Waals surface area (Å²) in [5, 5.41) is 0. The fourth-order valence-electron chi connectivity index (χ4n) is 2.23. The van der Waals surface area contributed by atoms with Gasteiger partial charge in [-0.1, -0.05) is 45.0 Å². The van der Waals surface area contributed by atoms with Gasteiger partial charge in [0.2, 0.25) is 5.91 Å². The SMILES string of the molecule is CCCN(CC(C)(C)CN)C(=O)Cc1ccccc1C. The lowest BCUT2D eigenvalue weighted by Gasteiger charge is -2.32. The first kappa shape index (κ1) is 16.7. The molecule has 20 heavy (non-hydrogen) atoms. The van der Waals surface area contributed by atoms with Crippen molar-refractivity contribution < 1.29 is 4.79 Å². The highest BCUT2D eigenvalue weighted by Gasteiger charge is 2.23. The standard InChI is InChI=1S/C17H28N2O/c1-5-10-19(13-17(3,4)12-18)16(20)11-15-9-7-6-8-14(15)2/h6-9H,5,10-13,18H2,1-4H3. The molecule has 3 heteroatoms. The lowest BCUT2D eigenvalue weighted by atomic mass is 9.92. The molecule has 0 saturated carbocycles. The lowest BCUT2D eigenvalue weighted by Crippen LogP contribution is -2.43. The summed E-state index contributed by atoms with van der Waals surface area (Å²) in [7, 11) is 0. The largest absolute Gasteiger partial charge is 0.342 e. The van der Waals surface area contributed by atoms with Gasteiger partial charge < -0.3 is 10.6 Å². The van der Waals surface area contributed by atoms with Crippen molar-refractivity contribution >= 4 is 5.91 Å². The van der Waals surface area contributed by atoms with Crippen molar-refractivity contribution in [3.63, 3.8) is 0 Å². The molecule has 0 atom stereocenters. The zero-order valence-electron chi connectivity index (χ0n) is 13.3. The molecule has 1 aromatic rings. The summed E-state index contributed by atoms with van der Waals surface area (Å²) >= 11 is 0. The Kier molecular flexibility index (Phi) is 6.21. The Morgan fingerprint density at radius 1 is 1.30 bits per heavy atom. The summed E-state index contributed by atoms with van der Waals surface area (Å²) in [6.07, 6.45) is 1.45. The van der Waals surface area contributed by atoms with E-state index >= 15 is 0 Å². The predicted octanol–water partition coefficient (Wildman–Crippen LogP) is 2.76. The molecule has 0 spiro atoms. The van der Waals surface area contributed by atoms with Gasteiger partial charge in [-0.25, -0.2) is 0 Å². The molecule has 0 aliphatic rings. The van der Waals surface area contributed by atoms with Gasteiger partial charge in [-0.15, -0.1) is 0 Å². The van der Waals surface area contributed by atoms with E-state index in [1.807, 2.05) is 23.1 Å². The molecule has 0 saturated heterocycles. The molecule has 1 amide bonds. The summed E-state index contributed by atoms with van der Waals surface area (Å²) in [5.74, 6) is 0.197. The van der Waals surface area contributed by atoms with E-state index in [0.717, 1.165) is 25.1 Å². The van der Waals surface area contributed by atoms with Gasteiger partial charge in [0.1, 0.15) is 0 Å². The minimum Gasteiger partial charge on any atom is -0.342 e. The average Bonchev–Trinajstić information content (AvgIpc) is 2.40. The van der Waals surface area contributed by atoms with E-state index in [2.05, 4.69) is 33.8 Å². The molecule has 0 aromatic heterocycles. The van der Waals surface area contributed by atoms with Crippen molar-refractivity contribution in [2.24, 2.45) is 11.1 Å². The first-order valence-electron chi connectivity index (χ1n) is 7.42. The third-order valence-corrected chi connectivity index (χ3v) is 3.62. The molecular weight excluding hydrogens is 248 g/mol. The van der Waals surface area contributed by atoms with E-state index in [4.69, 9.17) is 5.73 Å². The summed E-state index contributed by atoms with van der Waals surface area (Å²) in [5.41, 5.74) is 8.05. The molecule has 0 fully saturated rings. The van der Waals surface area contributed by atoms with Crippen LogP contribution >= 0.6 is 0 Å². The molecule has 2 N–H and O–H groups in total. The third kappa shape index (κ3) is 4.97. The maximum atomic E-state index is 12.5. The van der Waals surface area contributed by atoms with Crippen LogP contribution in [-0.4, -0.2) is 30.4 Å². The van der Waals surface area contributed by atoms with E-state index in [0.29, 0.717) is 13.0 Å². The van der Waals surface area contributed by atoms with Gasteiger partial charge in [0.05, 0.1) is 6.42 Å². The van der Waals surface area contributed by atoms with Crippen molar-refractivity contribution in [1.82, 2.24) is 4.90 Å². The summed E-state index contributed by atoms with van der Waals surface area (Å²) in [6, 6.07) is 8.08. The molecule has 0 aliphatic heterocycles. The molecule has 3 nitrogen and oxygen atoms in total. The molecule has 112 valence electrons. The number of carbonyl (C=O) groups is 1. The summed E-state index contributed by atoms with van der Waals surface area (Å²) in [6.45, 7) is 10.5. The number of amides is 1. The molecule has 0 bridgehead atoms. The minimum atomic E-state index is -0.0312. The smallest absolute Gasteiger partial charge is 0.227 e. The normalized spacial score (nSPS) is 11.4. The van der Waals surface area contributed by atoms with Gasteiger partial charge in [0.15, 0.2) is 0 Å². The van der Waals surface area contributed by atoms with Gasteiger partial charge in [0, 0.05) is 13.1 Å². The summed E-state index contributed by atoms with van der Waals surface area (Å²) < 4.78 is 0. The van der Waals surface area contributed by atoms with Crippen molar-refractivity contribution in [3.05, 3.63) is 35.4 Å². The predicted molar refractivity (Wildman–Crippen MR) is 84.6 cm³/mol. The number of hydrogen-bond donors (Lipinski definition) is 1. The number of nitrogens with two attached hydrogens (primary N) is 1. The maximum absolute atomic E-state index is 12.5. The van der Waals surface area contributed by atoms with Crippen molar-refractivity contribution in [2.75, 3.05) is 19.6 Å². The quantitative estimate of drug-likeness (QED) is 0.832. The summed E-state index contributed by atoms with van der Waals surface area (Å²) in [4.78, 5) is 14.5. The van der Waals surface area contributed by atoms with E-state index in [-0.39, 0.29) is 11.3 Å². The van der Waals surface area contributed by atoms with Crippen LogP contribution in [0.4, 0.5) is 0 Å². The number of hydrogen-bond acceptors (Lipinski definition) is 2. The molecule has 1 rings (SSSR count). The van der Waals surface area contributed by atoms with Crippen LogP contribution in [0.15, 0.2) is 24.3 Å². The Balaban J connectivity index is 2.77. The maximum Gasteiger partial charge on any atom is 0.227 e. The van der Waals surface area contributed by atoms with Crippen LogP contribution in [0.2, 0.25) is 0 Å².